The summed E-state index contributed by atoms with van der Waals surface area (Å²) in [7, 11) is 0. The summed E-state index contributed by atoms with van der Waals surface area (Å²) in [5.41, 5.74) is 10.8. The SMILES string of the molecule is NCC(=O)N(c1ccccc1)[C@@H](CCC(N)=O)C(=O)O. The highest BCUT2D eigenvalue weighted by Gasteiger charge is 2.30. The van der Waals surface area contributed by atoms with Crippen LogP contribution in [0.2, 0.25) is 0 Å². The Morgan fingerprint density at radius 2 is 1.80 bits per heavy atom. The van der Waals surface area contributed by atoms with Crippen LogP contribution in [0.1, 0.15) is 12.8 Å². The molecule has 0 unspecified atom stereocenters. The van der Waals surface area contributed by atoms with Crippen molar-refractivity contribution in [3.05, 3.63) is 30.3 Å². The Hall–Kier alpha value is -2.41. The van der Waals surface area contributed by atoms with E-state index in [2.05, 4.69) is 0 Å². The van der Waals surface area contributed by atoms with E-state index in [0.717, 1.165) is 4.90 Å². The summed E-state index contributed by atoms with van der Waals surface area (Å²) in [5.74, 6) is -2.37. The molecule has 7 nitrogen and oxygen atoms in total. The number of hydrogen-bond donors (Lipinski definition) is 3. The number of amides is 2. The lowest BCUT2D eigenvalue weighted by atomic mass is 10.1. The first-order valence-electron chi connectivity index (χ1n) is 6.05. The number of anilines is 1. The van der Waals surface area contributed by atoms with Crippen molar-refractivity contribution in [2.24, 2.45) is 11.5 Å². The summed E-state index contributed by atoms with van der Waals surface area (Å²) in [6.45, 7) is -0.324. The number of primary amides is 1. The van der Waals surface area contributed by atoms with Crippen LogP contribution in [0.3, 0.4) is 0 Å². The van der Waals surface area contributed by atoms with Crippen molar-refractivity contribution < 1.29 is 19.5 Å². The number of aliphatic carboxylic acids is 1. The molecule has 7 heteroatoms. The molecule has 0 aromatic heterocycles. The van der Waals surface area contributed by atoms with Crippen molar-refractivity contribution in [3.63, 3.8) is 0 Å². The molecule has 0 aliphatic heterocycles. The fourth-order valence-electron chi connectivity index (χ4n) is 1.83. The van der Waals surface area contributed by atoms with E-state index in [4.69, 9.17) is 11.5 Å². The predicted octanol–water partition coefficient (Wildman–Crippen LogP) is -0.303. The minimum absolute atomic E-state index is 0.0642. The molecule has 1 aromatic rings. The van der Waals surface area contributed by atoms with Crippen molar-refractivity contribution in [1.29, 1.82) is 0 Å². The molecule has 1 atom stereocenters. The number of carbonyl (C=O) groups excluding carboxylic acids is 2. The van der Waals surface area contributed by atoms with Gasteiger partial charge in [0.1, 0.15) is 6.04 Å². The van der Waals surface area contributed by atoms with E-state index < -0.39 is 23.8 Å². The van der Waals surface area contributed by atoms with E-state index in [9.17, 15) is 19.5 Å². The molecule has 2 amide bonds. The molecule has 20 heavy (non-hydrogen) atoms. The predicted molar refractivity (Wildman–Crippen MR) is 72.8 cm³/mol. The fraction of sp³-hybridized carbons (Fsp3) is 0.308. The summed E-state index contributed by atoms with van der Waals surface area (Å²) >= 11 is 0. The minimum Gasteiger partial charge on any atom is -0.480 e. The van der Waals surface area contributed by atoms with Gasteiger partial charge in [-0.25, -0.2) is 4.79 Å². The zero-order valence-electron chi connectivity index (χ0n) is 10.9. The maximum Gasteiger partial charge on any atom is 0.326 e. The second kappa shape index (κ2) is 7.25. The number of carboxylic acids is 1. The lowest BCUT2D eigenvalue weighted by Gasteiger charge is -2.28. The molecule has 1 aromatic carbocycles. The van der Waals surface area contributed by atoms with Crippen LogP contribution in [0, 0.1) is 0 Å². The molecular weight excluding hydrogens is 262 g/mol. The standard InChI is InChI=1S/C13H17N3O4/c14-8-12(18)16(9-4-2-1-3-5-9)10(13(19)20)6-7-11(15)17/h1-5,10H,6-8,14H2,(H2,15,17)(H,19,20)/t10-/m0/s1. The molecular formula is C13H17N3O4. The minimum atomic E-state index is -1.21. The van der Waals surface area contributed by atoms with Gasteiger partial charge in [-0.05, 0) is 18.6 Å². The maximum absolute atomic E-state index is 11.9. The van der Waals surface area contributed by atoms with Gasteiger partial charge in [0.2, 0.25) is 11.8 Å². The summed E-state index contributed by atoms with van der Waals surface area (Å²) < 4.78 is 0. The normalized spacial score (nSPS) is 11.7. The highest BCUT2D eigenvalue weighted by Crippen LogP contribution is 2.19. The van der Waals surface area contributed by atoms with Gasteiger partial charge in [0, 0.05) is 12.1 Å². The summed E-state index contributed by atoms with van der Waals surface area (Å²) in [5, 5.41) is 9.28. The van der Waals surface area contributed by atoms with E-state index >= 15 is 0 Å². The Labute approximate surface area is 116 Å². The second-order valence-corrected chi connectivity index (χ2v) is 4.16. The Bertz CT molecular complexity index is 490. The number of hydrogen-bond acceptors (Lipinski definition) is 4. The number of para-hydroxylation sites is 1. The van der Waals surface area contributed by atoms with E-state index in [-0.39, 0.29) is 19.4 Å². The van der Waals surface area contributed by atoms with Gasteiger partial charge in [0.05, 0.1) is 6.54 Å². The van der Waals surface area contributed by atoms with Crippen molar-refractivity contribution in [1.82, 2.24) is 0 Å². The molecule has 108 valence electrons. The van der Waals surface area contributed by atoms with Crippen LogP contribution in [0.4, 0.5) is 5.69 Å². The quantitative estimate of drug-likeness (QED) is 0.631. The highest BCUT2D eigenvalue weighted by atomic mass is 16.4. The van der Waals surface area contributed by atoms with Gasteiger partial charge in [0.15, 0.2) is 0 Å². The molecule has 5 N–H and O–H groups in total. The lowest BCUT2D eigenvalue weighted by molar-refractivity contribution is -0.140. The molecule has 0 saturated carbocycles. The Morgan fingerprint density at radius 3 is 2.25 bits per heavy atom. The first kappa shape index (κ1) is 15.6. The van der Waals surface area contributed by atoms with Crippen LogP contribution >= 0.6 is 0 Å². The maximum atomic E-state index is 11.9. The van der Waals surface area contributed by atoms with Crippen LogP contribution in [0.15, 0.2) is 30.3 Å². The van der Waals surface area contributed by atoms with Crippen molar-refractivity contribution >= 4 is 23.5 Å². The van der Waals surface area contributed by atoms with Crippen molar-refractivity contribution in [3.8, 4) is 0 Å². The average Bonchev–Trinajstić information content (AvgIpc) is 2.43. The van der Waals surface area contributed by atoms with Crippen LogP contribution in [0.25, 0.3) is 0 Å². The molecule has 1 rings (SSSR count). The Kier molecular flexibility index (Phi) is 5.67. The topological polar surface area (TPSA) is 127 Å². The van der Waals surface area contributed by atoms with Crippen LogP contribution in [0.5, 0.6) is 0 Å². The number of carbonyl (C=O) groups is 3. The third kappa shape index (κ3) is 4.06. The molecule has 0 bridgehead atoms. The van der Waals surface area contributed by atoms with E-state index in [0.29, 0.717) is 5.69 Å². The van der Waals surface area contributed by atoms with Gasteiger partial charge in [-0.3, -0.25) is 14.5 Å². The van der Waals surface area contributed by atoms with E-state index in [1.54, 1.807) is 30.3 Å². The average molecular weight is 279 g/mol. The molecule has 0 spiro atoms. The zero-order chi connectivity index (χ0) is 15.1. The molecule has 0 aliphatic rings. The van der Waals surface area contributed by atoms with Gasteiger partial charge < -0.3 is 16.6 Å². The summed E-state index contributed by atoms with van der Waals surface area (Å²) in [6.07, 6.45) is -0.191. The van der Waals surface area contributed by atoms with Gasteiger partial charge in [0.25, 0.3) is 0 Å². The zero-order valence-corrected chi connectivity index (χ0v) is 10.9. The lowest BCUT2D eigenvalue weighted by Crippen LogP contribution is -2.48. The smallest absolute Gasteiger partial charge is 0.326 e. The first-order valence-corrected chi connectivity index (χ1v) is 6.05. The first-order chi connectivity index (χ1) is 9.47. The van der Waals surface area contributed by atoms with E-state index in [1.165, 1.54) is 0 Å². The molecule has 0 radical (unpaired) electrons. The van der Waals surface area contributed by atoms with Crippen molar-refractivity contribution in [2.75, 3.05) is 11.4 Å². The number of rotatable bonds is 7. The molecule has 0 saturated heterocycles. The van der Waals surface area contributed by atoms with Gasteiger partial charge >= 0.3 is 5.97 Å². The third-order valence-electron chi connectivity index (χ3n) is 2.74. The molecule has 0 heterocycles. The second-order valence-electron chi connectivity index (χ2n) is 4.16. The highest BCUT2D eigenvalue weighted by molar-refractivity contribution is 6.00. The monoisotopic (exact) mass is 279 g/mol. The van der Waals surface area contributed by atoms with Crippen LogP contribution < -0.4 is 16.4 Å². The summed E-state index contributed by atoms with van der Waals surface area (Å²) in [4.78, 5) is 35.2. The summed E-state index contributed by atoms with van der Waals surface area (Å²) in [6, 6.07) is 7.13. The number of nitrogens with two attached hydrogens (primary N) is 2. The van der Waals surface area contributed by atoms with Gasteiger partial charge in [-0.1, -0.05) is 18.2 Å². The molecule has 0 aliphatic carbocycles. The third-order valence-corrected chi connectivity index (χ3v) is 2.74. The number of carboxylic acid groups (broad SMARTS) is 1. The van der Waals surface area contributed by atoms with Crippen LogP contribution in [-0.4, -0.2) is 35.5 Å². The van der Waals surface area contributed by atoms with Gasteiger partial charge in [-0.15, -0.1) is 0 Å². The Morgan fingerprint density at radius 1 is 1.20 bits per heavy atom. The Balaban J connectivity index is 3.09. The van der Waals surface area contributed by atoms with Gasteiger partial charge in [-0.2, -0.15) is 0 Å². The largest absolute Gasteiger partial charge is 0.480 e. The fourth-order valence-corrected chi connectivity index (χ4v) is 1.83. The number of benzene rings is 1. The van der Waals surface area contributed by atoms with E-state index in [1.807, 2.05) is 0 Å². The van der Waals surface area contributed by atoms with Crippen molar-refractivity contribution in [2.45, 2.75) is 18.9 Å². The molecule has 0 fully saturated rings. The number of nitrogens with zero attached hydrogens (tertiary/aromatic N) is 1. The van der Waals surface area contributed by atoms with Crippen LogP contribution in [-0.2, 0) is 14.4 Å².